The highest BCUT2D eigenvalue weighted by atomic mass is 16.5. The molecule has 4 aromatic rings. The SMILES string of the molecule is O=C(O)C(=O)O.O=C(O)C(=O)O.O=C(O)C(=O)O.O=C(O)C(=O)O.c1ccc(C(CNCCCCCCNCCCCCCCCNCCCCCCNCC(c2ccccc2)c2ccccc2)c2ccccc2)cc1. The number of rotatable bonds is 31. The Balaban J connectivity index is 0.00000193. The van der Waals surface area contributed by atoms with Gasteiger partial charge in [0.2, 0.25) is 0 Å². The van der Waals surface area contributed by atoms with E-state index in [9.17, 15) is 0 Å². The maximum atomic E-state index is 9.10. The predicted molar refractivity (Wildman–Crippen MR) is 287 cm³/mol. The number of benzene rings is 4. The van der Waals surface area contributed by atoms with Crippen molar-refractivity contribution in [2.24, 2.45) is 0 Å². The molecular formula is C56H78N4O16. The Labute approximate surface area is 444 Å². The van der Waals surface area contributed by atoms with Crippen LogP contribution in [0.15, 0.2) is 121 Å². The number of nitrogens with one attached hydrogen (secondary N) is 4. The standard InChI is InChI=1S/C48H70N4.4C2H2O4/c1(3-21-35-49-37-23-5-7-25-39-51-41-47(43-27-13-9-14-28-43)44-29-15-10-16-30-44)2-4-22-36-50-38-24-6-8-26-40-52-42-48(45-31-17-11-18-32-45)46-33-19-12-20-34-46;4*3-1(4)2(5)6/h9-20,27-34,47-52H,1-8,21-26,35-42H2;4*(H,3,4)(H,5,6). The summed E-state index contributed by atoms with van der Waals surface area (Å²) in [7, 11) is 0. The third-order valence-electron chi connectivity index (χ3n) is 11.1. The summed E-state index contributed by atoms with van der Waals surface area (Å²) in [5.41, 5.74) is 5.57. The zero-order valence-corrected chi connectivity index (χ0v) is 43.1. The first-order valence-electron chi connectivity index (χ1n) is 25.4. The highest BCUT2D eigenvalue weighted by molar-refractivity contribution is 6.28. The van der Waals surface area contributed by atoms with Crippen LogP contribution >= 0.6 is 0 Å². The average molecular weight is 1060 g/mol. The largest absolute Gasteiger partial charge is 0.473 e. The minimum atomic E-state index is -1.82. The third kappa shape index (κ3) is 39.0. The van der Waals surface area contributed by atoms with Crippen molar-refractivity contribution in [3.8, 4) is 0 Å². The Hall–Kier alpha value is -7.52. The number of aliphatic carboxylic acids is 8. The second-order valence-electron chi connectivity index (χ2n) is 17.0. The maximum Gasteiger partial charge on any atom is 0.414 e. The van der Waals surface area contributed by atoms with Gasteiger partial charge in [-0.05, 0) is 100 Å². The molecule has 0 saturated carbocycles. The van der Waals surface area contributed by atoms with E-state index in [1.54, 1.807) is 0 Å². The predicted octanol–water partition coefficient (Wildman–Crippen LogP) is 7.09. The van der Waals surface area contributed by atoms with Crippen LogP contribution < -0.4 is 21.3 Å². The summed E-state index contributed by atoms with van der Waals surface area (Å²) in [6, 6.07) is 43.7. The number of carboxylic acids is 8. The summed E-state index contributed by atoms with van der Waals surface area (Å²) in [5, 5.41) is 74.0. The van der Waals surface area contributed by atoms with E-state index in [1.807, 2.05) is 0 Å². The first-order chi connectivity index (χ1) is 36.5. The summed E-state index contributed by atoms with van der Waals surface area (Å²) in [6.45, 7) is 8.91. The van der Waals surface area contributed by atoms with Crippen molar-refractivity contribution >= 4 is 47.8 Å². The summed E-state index contributed by atoms with van der Waals surface area (Å²) < 4.78 is 0. The minimum Gasteiger partial charge on any atom is -0.473 e. The number of hydrogen-bond donors (Lipinski definition) is 12. The van der Waals surface area contributed by atoms with Crippen LogP contribution in [0.5, 0.6) is 0 Å². The van der Waals surface area contributed by atoms with Crippen LogP contribution in [0.1, 0.15) is 124 Å². The topological polar surface area (TPSA) is 347 Å². The summed E-state index contributed by atoms with van der Waals surface area (Å²) >= 11 is 0. The second kappa shape index (κ2) is 46.0. The second-order valence-corrected chi connectivity index (χ2v) is 17.0. The highest BCUT2D eigenvalue weighted by Gasteiger charge is 2.14. The molecule has 0 bridgehead atoms. The molecule has 0 aliphatic heterocycles. The molecule has 4 aromatic carbocycles. The Morgan fingerprint density at radius 3 is 0.579 bits per heavy atom. The van der Waals surface area contributed by atoms with Crippen molar-refractivity contribution in [1.29, 1.82) is 0 Å². The zero-order valence-electron chi connectivity index (χ0n) is 43.1. The Morgan fingerprint density at radius 2 is 0.408 bits per heavy atom. The highest BCUT2D eigenvalue weighted by Crippen LogP contribution is 2.25. The molecule has 0 heterocycles. The molecule has 76 heavy (non-hydrogen) atoms. The quantitative estimate of drug-likeness (QED) is 0.0177. The van der Waals surface area contributed by atoms with Gasteiger partial charge in [0.05, 0.1) is 0 Å². The van der Waals surface area contributed by atoms with Crippen LogP contribution in [-0.2, 0) is 38.4 Å². The van der Waals surface area contributed by atoms with Gasteiger partial charge in [-0.15, -0.1) is 0 Å². The molecule has 12 N–H and O–H groups in total. The van der Waals surface area contributed by atoms with Crippen LogP contribution in [0.2, 0.25) is 0 Å². The fraction of sp³-hybridized carbons (Fsp3) is 0.429. The van der Waals surface area contributed by atoms with Crippen molar-refractivity contribution in [3.63, 3.8) is 0 Å². The molecule has 0 spiro atoms. The van der Waals surface area contributed by atoms with Gasteiger partial charge in [0, 0.05) is 24.9 Å². The van der Waals surface area contributed by atoms with Gasteiger partial charge in [-0.25, -0.2) is 38.4 Å². The van der Waals surface area contributed by atoms with Crippen LogP contribution in [-0.4, -0.2) is 141 Å². The van der Waals surface area contributed by atoms with Gasteiger partial charge < -0.3 is 62.1 Å². The fourth-order valence-electron chi connectivity index (χ4n) is 7.25. The van der Waals surface area contributed by atoms with Gasteiger partial charge in [0.25, 0.3) is 0 Å². The van der Waals surface area contributed by atoms with Gasteiger partial charge in [0.15, 0.2) is 0 Å². The Morgan fingerprint density at radius 1 is 0.250 bits per heavy atom. The normalized spacial score (nSPS) is 10.2. The van der Waals surface area contributed by atoms with Crippen LogP contribution in [0.25, 0.3) is 0 Å². The molecule has 418 valence electrons. The smallest absolute Gasteiger partial charge is 0.414 e. The van der Waals surface area contributed by atoms with Crippen LogP contribution in [0.3, 0.4) is 0 Å². The third-order valence-corrected chi connectivity index (χ3v) is 11.1. The first-order valence-corrected chi connectivity index (χ1v) is 25.4. The van der Waals surface area contributed by atoms with Crippen molar-refractivity contribution in [3.05, 3.63) is 144 Å². The van der Waals surface area contributed by atoms with Crippen molar-refractivity contribution < 1.29 is 79.2 Å². The lowest BCUT2D eigenvalue weighted by Gasteiger charge is -2.19. The van der Waals surface area contributed by atoms with Gasteiger partial charge >= 0.3 is 47.8 Å². The molecule has 0 aliphatic rings. The van der Waals surface area contributed by atoms with Crippen LogP contribution in [0, 0.1) is 0 Å². The lowest BCUT2D eigenvalue weighted by molar-refractivity contribution is -0.159. The van der Waals surface area contributed by atoms with E-state index in [4.69, 9.17) is 79.2 Å². The fourth-order valence-corrected chi connectivity index (χ4v) is 7.25. The van der Waals surface area contributed by atoms with E-state index >= 15 is 0 Å². The Kier molecular flexibility index (Phi) is 41.5. The van der Waals surface area contributed by atoms with E-state index in [0.29, 0.717) is 11.8 Å². The average Bonchev–Trinajstić information content (AvgIpc) is 3.41. The molecule has 0 atom stereocenters. The molecular weight excluding hydrogens is 985 g/mol. The van der Waals surface area contributed by atoms with E-state index in [1.165, 1.54) is 138 Å². The van der Waals surface area contributed by atoms with E-state index in [0.717, 1.165) is 26.2 Å². The molecule has 0 aliphatic carbocycles. The summed E-state index contributed by atoms with van der Waals surface area (Å²) in [4.78, 5) is 72.8. The zero-order chi connectivity index (χ0) is 56.6. The number of carbonyl (C=O) groups is 8. The molecule has 4 rings (SSSR count). The minimum absolute atomic E-state index is 0.416. The number of unbranched alkanes of at least 4 members (excludes halogenated alkanes) is 11. The van der Waals surface area contributed by atoms with Gasteiger partial charge in [-0.3, -0.25) is 0 Å². The van der Waals surface area contributed by atoms with Gasteiger partial charge in [-0.2, -0.15) is 0 Å². The molecule has 0 unspecified atom stereocenters. The number of hydrogen-bond acceptors (Lipinski definition) is 12. The molecule has 0 amide bonds. The Bertz CT molecular complexity index is 1860. The first kappa shape index (κ1) is 68.5. The molecule has 0 fully saturated rings. The van der Waals surface area contributed by atoms with E-state index in [-0.39, 0.29) is 0 Å². The number of carboxylic acid groups (broad SMARTS) is 8. The molecule has 0 aromatic heterocycles. The lowest BCUT2D eigenvalue weighted by Crippen LogP contribution is -2.23. The summed E-state index contributed by atoms with van der Waals surface area (Å²) in [5.74, 6) is -13.8. The molecule has 20 heteroatoms. The molecule has 0 radical (unpaired) electrons. The molecule has 0 saturated heterocycles. The van der Waals surface area contributed by atoms with Crippen molar-refractivity contribution in [2.75, 3.05) is 52.4 Å². The van der Waals surface area contributed by atoms with Crippen molar-refractivity contribution in [1.82, 2.24) is 21.3 Å². The van der Waals surface area contributed by atoms with Crippen molar-refractivity contribution in [2.45, 2.75) is 102 Å². The maximum absolute atomic E-state index is 9.10. The van der Waals surface area contributed by atoms with Gasteiger partial charge in [-0.1, -0.05) is 173 Å². The lowest BCUT2D eigenvalue weighted by atomic mass is 9.91. The van der Waals surface area contributed by atoms with E-state index in [2.05, 4.69) is 143 Å². The van der Waals surface area contributed by atoms with Gasteiger partial charge in [0.1, 0.15) is 0 Å². The molecule has 20 nitrogen and oxygen atoms in total. The monoisotopic (exact) mass is 1060 g/mol. The van der Waals surface area contributed by atoms with E-state index < -0.39 is 47.8 Å². The van der Waals surface area contributed by atoms with Crippen LogP contribution in [0.4, 0.5) is 0 Å². The summed E-state index contributed by atoms with van der Waals surface area (Å²) in [6.07, 6.45) is 18.5.